The number of nitrogens with one attached hydrogen (secondary N) is 1. The number of para-hydroxylation sites is 1. The van der Waals surface area contributed by atoms with Crippen LogP contribution in [0.5, 0.6) is 5.75 Å². The van der Waals surface area contributed by atoms with Crippen molar-refractivity contribution in [2.75, 3.05) is 13.2 Å². The molecule has 0 aliphatic carbocycles. The summed E-state index contributed by atoms with van der Waals surface area (Å²) in [5.74, 6) is -2.74. The maximum atomic E-state index is 9.10. The van der Waals surface area contributed by atoms with Gasteiger partial charge in [-0.05, 0) is 24.6 Å². The molecule has 0 atom stereocenters. The lowest BCUT2D eigenvalue weighted by atomic mass is 10.2. The number of hydrogen-bond acceptors (Lipinski definition) is 5. The van der Waals surface area contributed by atoms with E-state index in [1.807, 2.05) is 36.4 Å². The van der Waals surface area contributed by atoms with Gasteiger partial charge >= 0.3 is 11.9 Å². The van der Waals surface area contributed by atoms with Crippen LogP contribution in [-0.4, -0.2) is 40.4 Å². The van der Waals surface area contributed by atoms with Crippen LogP contribution in [0, 0.1) is 0 Å². The first-order chi connectivity index (χ1) is 12.5. The Labute approximate surface area is 151 Å². The number of hydrogen-bond donors (Lipinski definition) is 4. The third-order valence-electron chi connectivity index (χ3n) is 3.22. The Balaban J connectivity index is 0.000000487. The van der Waals surface area contributed by atoms with E-state index in [9.17, 15) is 0 Å². The van der Waals surface area contributed by atoms with Gasteiger partial charge in [0.15, 0.2) is 0 Å². The Morgan fingerprint density at radius 2 is 1.54 bits per heavy atom. The highest BCUT2D eigenvalue weighted by molar-refractivity contribution is 6.27. The van der Waals surface area contributed by atoms with Crippen LogP contribution in [0.15, 0.2) is 54.6 Å². The van der Waals surface area contributed by atoms with Crippen LogP contribution in [0.4, 0.5) is 0 Å². The molecule has 140 valence electrons. The zero-order valence-electron chi connectivity index (χ0n) is 14.3. The predicted molar refractivity (Wildman–Crippen MR) is 95.9 cm³/mol. The maximum absolute atomic E-state index is 9.10. The van der Waals surface area contributed by atoms with E-state index in [4.69, 9.17) is 29.6 Å². The van der Waals surface area contributed by atoms with Crippen molar-refractivity contribution < 1.29 is 29.6 Å². The molecule has 7 heteroatoms. The minimum atomic E-state index is -1.82. The summed E-state index contributed by atoms with van der Waals surface area (Å²) in [5, 5.41) is 26.8. The Hall–Kier alpha value is -2.90. The standard InChI is InChI=1S/C17H21NO2.C2H2O4/c19-12-6-11-18-13-16-9-4-5-10-17(16)20-14-15-7-2-1-3-8-15;3-1(4)2(5)6/h1-5,7-10,18-19H,6,11-14H2;(H,3,4)(H,5,6). The van der Waals surface area contributed by atoms with Crippen molar-refractivity contribution in [2.45, 2.75) is 19.6 Å². The minimum Gasteiger partial charge on any atom is -0.489 e. The van der Waals surface area contributed by atoms with Gasteiger partial charge in [-0.1, -0.05) is 48.5 Å². The molecule has 0 bridgehead atoms. The van der Waals surface area contributed by atoms with E-state index in [-0.39, 0.29) is 6.61 Å². The third kappa shape index (κ3) is 8.81. The van der Waals surface area contributed by atoms with Crippen LogP contribution < -0.4 is 10.1 Å². The molecule has 0 saturated heterocycles. The average Bonchev–Trinajstić information content (AvgIpc) is 2.65. The number of carboxylic acid groups (broad SMARTS) is 2. The van der Waals surface area contributed by atoms with Crippen molar-refractivity contribution in [3.05, 3.63) is 65.7 Å². The number of rotatable bonds is 8. The van der Waals surface area contributed by atoms with Crippen LogP contribution in [0.1, 0.15) is 17.5 Å². The molecular formula is C19H23NO6. The van der Waals surface area contributed by atoms with Gasteiger partial charge in [0.05, 0.1) is 0 Å². The first-order valence-corrected chi connectivity index (χ1v) is 8.07. The molecule has 26 heavy (non-hydrogen) atoms. The first-order valence-electron chi connectivity index (χ1n) is 8.07. The molecule has 0 fully saturated rings. The summed E-state index contributed by atoms with van der Waals surface area (Å²) in [6.07, 6.45) is 0.771. The Morgan fingerprint density at radius 3 is 2.15 bits per heavy atom. The van der Waals surface area contributed by atoms with Crippen LogP contribution in [0.3, 0.4) is 0 Å². The van der Waals surface area contributed by atoms with Crippen molar-refractivity contribution in [1.29, 1.82) is 0 Å². The summed E-state index contributed by atoms with van der Waals surface area (Å²) >= 11 is 0. The maximum Gasteiger partial charge on any atom is 0.414 e. The largest absolute Gasteiger partial charge is 0.489 e. The minimum absolute atomic E-state index is 0.221. The molecule has 0 radical (unpaired) electrons. The van der Waals surface area contributed by atoms with Crippen molar-refractivity contribution in [3.8, 4) is 5.75 Å². The van der Waals surface area contributed by atoms with Gasteiger partial charge in [-0.25, -0.2) is 9.59 Å². The molecule has 0 aliphatic rings. The van der Waals surface area contributed by atoms with Gasteiger partial charge in [-0.3, -0.25) is 0 Å². The third-order valence-corrected chi connectivity index (χ3v) is 3.22. The summed E-state index contributed by atoms with van der Waals surface area (Å²) < 4.78 is 5.89. The van der Waals surface area contributed by atoms with E-state index >= 15 is 0 Å². The molecule has 0 spiro atoms. The molecule has 0 saturated carbocycles. The Bertz CT molecular complexity index is 663. The molecule has 0 aromatic heterocycles. The molecule has 2 rings (SSSR count). The van der Waals surface area contributed by atoms with Crippen LogP contribution in [-0.2, 0) is 22.7 Å². The Morgan fingerprint density at radius 1 is 0.923 bits per heavy atom. The van der Waals surface area contributed by atoms with Gasteiger partial charge in [-0.2, -0.15) is 0 Å². The normalized spacial score (nSPS) is 9.73. The molecule has 2 aromatic rings. The van der Waals surface area contributed by atoms with Crippen LogP contribution in [0.25, 0.3) is 0 Å². The Kier molecular flexibility index (Phi) is 10.1. The van der Waals surface area contributed by atoms with Crippen LogP contribution in [0.2, 0.25) is 0 Å². The number of carboxylic acids is 2. The quantitative estimate of drug-likeness (QED) is 0.419. The van der Waals surface area contributed by atoms with E-state index in [0.717, 1.165) is 36.4 Å². The molecule has 7 nitrogen and oxygen atoms in total. The van der Waals surface area contributed by atoms with Crippen molar-refractivity contribution in [3.63, 3.8) is 0 Å². The SMILES string of the molecule is O=C(O)C(=O)O.OCCCNCc1ccccc1OCc1ccccc1. The van der Waals surface area contributed by atoms with Gasteiger partial charge < -0.3 is 25.4 Å². The lowest BCUT2D eigenvalue weighted by Crippen LogP contribution is -2.16. The average molecular weight is 361 g/mol. The fourth-order valence-electron chi connectivity index (χ4n) is 1.95. The zero-order valence-corrected chi connectivity index (χ0v) is 14.3. The van der Waals surface area contributed by atoms with Crippen LogP contribution >= 0.6 is 0 Å². The summed E-state index contributed by atoms with van der Waals surface area (Å²) in [4.78, 5) is 18.2. The highest BCUT2D eigenvalue weighted by Crippen LogP contribution is 2.19. The molecular weight excluding hydrogens is 338 g/mol. The fourth-order valence-corrected chi connectivity index (χ4v) is 1.95. The molecule has 4 N–H and O–H groups in total. The zero-order chi connectivity index (χ0) is 19.2. The van der Waals surface area contributed by atoms with E-state index in [0.29, 0.717) is 6.61 Å². The lowest BCUT2D eigenvalue weighted by molar-refractivity contribution is -0.159. The number of benzene rings is 2. The van der Waals surface area contributed by atoms with Gasteiger partial charge in [0.2, 0.25) is 0 Å². The highest BCUT2D eigenvalue weighted by atomic mass is 16.5. The lowest BCUT2D eigenvalue weighted by Gasteiger charge is -2.12. The molecule has 0 heterocycles. The van der Waals surface area contributed by atoms with E-state index in [2.05, 4.69) is 23.5 Å². The smallest absolute Gasteiger partial charge is 0.414 e. The summed E-state index contributed by atoms with van der Waals surface area (Å²) in [7, 11) is 0. The number of aliphatic hydroxyl groups is 1. The number of aliphatic hydroxyl groups excluding tert-OH is 1. The second-order valence-corrected chi connectivity index (χ2v) is 5.25. The molecule has 0 unspecified atom stereocenters. The predicted octanol–water partition coefficient (Wildman–Crippen LogP) is 1.89. The van der Waals surface area contributed by atoms with Gasteiger partial charge in [0.25, 0.3) is 0 Å². The van der Waals surface area contributed by atoms with Crippen molar-refractivity contribution >= 4 is 11.9 Å². The van der Waals surface area contributed by atoms with E-state index in [1.54, 1.807) is 0 Å². The second-order valence-electron chi connectivity index (χ2n) is 5.25. The number of carbonyl (C=O) groups is 2. The van der Waals surface area contributed by atoms with Gasteiger partial charge in [0.1, 0.15) is 12.4 Å². The first kappa shape index (κ1) is 21.1. The monoisotopic (exact) mass is 361 g/mol. The molecule has 0 aliphatic heterocycles. The van der Waals surface area contributed by atoms with E-state index in [1.165, 1.54) is 0 Å². The highest BCUT2D eigenvalue weighted by Gasteiger charge is 2.04. The summed E-state index contributed by atoms with van der Waals surface area (Å²) in [6, 6.07) is 18.2. The van der Waals surface area contributed by atoms with Gasteiger partial charge in [0, 0.05) is 18.7 Å². The fraction of sp³-hybridized carbons (Fsp3) is 0.263. The summed E-state index contributed by atoms with van der Waals surface area (Å²) in [6.45, 7) is 2.36. The van der Waals surface area contributed by atoms with E-state index < -0.39 is 11.9 Å². The molecule has 2 aromatic carbocycles. The number of aliphatic carboxylic acids is 2. The number of ether oxygens (including phenoxy) is 1. The summed E-state index contributed by atoms with van der Waals surface area (Å²) in [5.41, 5.74) is 2.30. The van der Waals surface area contributed by atoms with Crippen molar-refractivity contribution in [2.24, 2.45) is 0 Å². The molecule has 0 amide bonds. The van der Waals surface area contributed by atoms with Crippen molar-refractivity contribution in [1.82, 2.24) is 5.32 Å². The topological polar surface area (TPSA) is 116 Å². The second kappa shape index (κ2) is 12.5. The van der Waals surface area contributed by atoms with Gasteiger partial charge in [-0.15, -0.1) is 0 Å².